The zero-order valence-electron chi connectivity index (χ0n) is 12.1. The molecule has 4 heteroatoms. The van der Waals surface area contributed by atoms with E-state index >= 15 is 0 Å². The summed E-state index contributed by atoms with van der Waals surface area (Å²) in [6.45, 7) is 0. The zero-order valence-corrected chi connectivity index (χ0v) is 15.0. The summed E-state index contributed by atoms with van der Waals surface area (Å²) >= 11 is 8.25. The van der Waals surface area contributed by atoms with E-state index in [0.717, 1.165) is 17.0 Å². The SMILES string of the molecule is Clc1cccc(Oc2ccc(N=Cc3ccccc3I)cc2)c1. The monoisotopic (exact) mass is 433 g/mol. The lowest BCUT2D eigenvalue weighted by atomic mass is 10.2. The molecule has 0 amide bonds. The molecule has 2 nitrogen and oxygen atoms in total. The quantitative estimate of drug-likeness (QED) is 0.340. The number of aliphatic imine (C=N–C) groups is 1. The molecule has 0 heterocycles. The molecule has 0 radical (unpaired) electrons. The van der Waals surface area contributed by atoms with Gasteiger partial charge in [0.15, 0.2) is 0 Å². The van der Waals surface area contributed by atoms with Crippen molar-refractivity contribution in [2.75, 3.05) is 0 Å². The first-order valence-electron chi connectivity index (χ1n) is 7.03. The van der Waals surface area contributed by atoms with Crippen LogP contribution in [-0.4, -0.2) is 6.21 Å². The van der Waals surface area contributed by atoms with Gasteiger partial charge in [0, 0.05) is 20.4 Å². The van der Waals surface area contributed by atoms with Crippen LogP contribution in [-0.2, 0) is 0 Å². The van der Waals surface area contributed by atoms with Gasteiger partial charge >= 0.3 is 0 Å². The number of ether oxygens (including phenoxy) is 1. The highest BCUT2D eigenvalue weighted by Gasteiger charge is 1.99. The zero-order chi connectivity index (χ0) is 16.1. The summed E-state index contributed by atoms with van der Waals surface area (Å²) < 4.78 is 6.93. The van der Waals surface area contributed by atoms with Crippen LogP contribution in [0.2, 0.25) is 5.02 Å². The van der Waals surface area contributed by atoms with Gasteiger partial charge in [-0.1, -0.05) is 35.9 Å². The maximum atomic E-state index is 5.95. The van der Waals surface area contributed by atoms with Crippen molar-refractivity contribution < 1.29 is 4.74 Å². The summed E-state index contributed by atoms with van der Waals surface area (Å²) in [5.74, 6) is 1.47. The lowest BCUT2D eigenvalue weighted by Crippen LogP contribution is -1.85. The second kappa shape index (κ2) is 7.62. The lowest BCUT2D eigenvalue weighted by molar-refractivity contribution is 0.483. The summed E-state index contributed by atoms with van der Waals surface area (Å²) in [6, 6.07) is 23.1. The Morgan fingerprint density at radius 3 is 2.39 bits per heavy atom. The van der Waals surface area contributed by atoms with E-state index < -0.39 is 0 Å². The third kappa shape index (κ3) is 4.56. The number of hydrogen-bond acceptors (Lipinski definition) is 2. The second-order valence-electron chi connectivity index (χ2n) is 4.83. The van der Waals surface area contributed by atoms with Crippen molar-refractivity contribution >= 4 is 46.1 Å². The van der Waals surface area contributed by atoms with E-state index in [1.165, 1.54) is 3.57 Å². The maximum Gasteiger partial charge on any atom is 0.128 e. The van der Waals surface area contributed by atoms with Gasteiger partial charge in [0.05, 0.1) is 5.69 Å². The molecule has 0 spiro atoms. The number of rotatable bonds is 4. The van der Waals surface area contributed by atoms with Crippen molar-refractivity contribution in [3.8, 4) is 11.5 Å². The summed E-state index contributed by atoms with van der Waals surface area (Å²) in [5.41, 5.74) is 1.98. The van der Waals surface area contributed by atoms with Crippen LogP contribution in [0.1, 0.15) is 5.56 Å². The molecule has 0 atom stereocenters. The van der Waals surface area contributed by atoms with Crippen LogP contribution in [0.15, 0.2) is 77.8 Å². The molecule has 0 unspecified atom stereocenters. The Kier molecular flexibility index (Phi) is 5.31. The van der Waals surface area contributed by atoms with Crippen LogP contribution in [0.4, 0.5) is 5.69 Å². The van der Waals surface area contributed by atoms with E-state index in [1.54, 1.807) is 6.07 Å². The van der Waals surface area contributed by atoms with Crippen molar-refractivity contribution in [2.24, 2.45) is 4.99 Å². The summed E-state index contributed by atoms with van der Waals surface area (Å²) in [4.78, 5) is 4.49. The van der Waals surface area contributed by atoms with Crippen LogP contribution in [0.5, 0.6) is 11.5 Å². The highest BCUT2D eigenvalue weighted by molar-refractivity contribution is 14.1. The third-order valence-corrected chi connectivity index (χ3v) is 4.34. The molecule has 0 bridgehead atoms. The van der Waals surface area contributed by atoms with Gasteiger partial charge in [0.1, 0.15) is 11.5 Å². The van der Waals surface area contributed by atoms with Crippen LogP contribution in [0.25, 0.3) is 0 Å². The number of nitrogens with zero attached hydrogens (tertiary/aromatic N) is 1. The molecule has 23 heavy (non-hydrogen) atoms. The molecule has 0 aliphatic heterocycles. The fraction of sp³-hybridized carbons (Fsp3) is 0. The van der Waals surface area contributed by atoms with E-state index in [0.29, 0.717) is 10.8 Å². The van der Waals surface area contributed by atoms with E-state index in [2.05, 4.69) is 33.6 Å². The maximum absolute atomic E-state index is 5.95. The molecule has 0 aliphatic carbocycles. The predicted molar refractivity (Wildman–Crippen MR) is 104 cm³/mol. The van der Waals surface area contributed by atoms with E-state index in [1.807, 2.05) is 66.9 Å². The largest absolute Gasteiger partial charge is 0.457 e. The van der Waals surface area contributed by atoms with Crippen molar-refractivity contribution in [3.05, 3.63) is 87.0 Å². The van der Waals surface area contributed by atoms with Crippen LogP contribution in [0.3, 0.4) is 0 Å². The summed E-state index contributed by atoms with van der Waals surface area (Å²) in [5, 5.41) is 0.654. The van der Waals surface area contributed by atoms with Crippen molar-refractivity contribution in [3.63, 3.8) is 0 Å². The number of hydrogen-bond donors (Lipinski definition) is 0. The van der Waals surface area contributed by atoms with Crippen LogP contribution >= 0.6 is 34.2 Å². The molecular weight excluding hydrogens is 421 g/mol. The molecule has 0 fully saturated rings. The van der Waals surface area contributed by atoms with Gasteiger partial charge in [-0.2, -0.15) is 0 Å². The molecule has 3 rings (SSSR count). The van der Waals surface area contributed by atoms with Gasteiger partial charge in [-0.25, -0.2) is 0 Å². The molecule has 114 valence electrons. The molecule has 0 saturated carbocycles. The summed E-state index contributed by atoms with van der Waals surface area (Å²) in [7, 11) is 0. The standard InChI is InChI=1S/C19H13ClINO/c20-15-5-3-6-18(12-15)23-17-10-8-16(9-11-17)22-13-14-4-1-2-7-19(14)21/h1-13H. The Labute approximate surface area is 153 Å². The van der Waals surface area contributed by atoms with Gasteiger partial charge < -0.3 is 4.74 Å². The Bertz CT molecular complexity index is 831. The van der Waals surface area contributed by atoms with E-state index in [-0.39, 0.29) is 0 Å². The molecule has 0 aromatic heterocycles. The second-order valence-corrected chi connectivity index (χ2v) is 6.43. The predicted octanol–water partition coefficient (Wildman–Crippen LogP) is 6.49. The topological polar surface area (TPSA) is 21.6 Å². The van der Waals surface area contributed by atoms with Crippen molar-refractivity contribution in [1.29, 1.82) is 0 Å². The minimum atomic E-state index is 0.654. The van der Waals surface area contributed by atoms with Crippen molar-refractivity contribution in [1.82, 2.24) is 0 Å². The third-order valence-electron chi connectivity index (χ3n) is 3.13. The first kappa shape index (κ1) is 16.0. The van der Waals surface area contributed by atoms with Crippen LogP contribution < -0.4 is 4.74 Å². The Balaban J connectivity index is 1.71. The van der Waals surface area contributed by atoms with Gasteiger partial charge in [-0.3, -0.25) is 4.99 Å². The van der Waals surface area contributed by atoms with E-state index in [9.17, 15) is 0 Å². The minimum absolute atomic E-state index is 0.654. The molecule has 0 aliphatic rings. The van der Waals surface area contributed by atoms with Gasteiger partial charge in [-0.15, -0.1) is 0 Å². The van der Waals surface area contributed by atoms with Gasteiger partial charge in [-0.05, 0) is 71.1 Å². The number of benzene rings is 3. The molecule has 3 aromatic carbocycles. The lowest BCUT2D eigenvalue weighted by Gasteiger charge is -2.06. The molecule has 3 aromatic rings. The highest BCUT2D eigenvalue weighted by Crippen LogP contribution is 2.26. The molecular formula is C19H13ClINO. The van der Waals surface area contributed by atoms with Gasteiger partial charge in [0.25, 0.3) is 0 Å². The fourth-order valence-electron chi connectivity index (χ4n) is 1.99. The van der Waals surface area contributed by atoms with Crippen LogP contribution in [0, 0.1) is 3.57 Å². The average molecular weight is 434 g/mol. The minimum Gasteiger partial charge on any atom is -0.457 e. The Hall–Kier alpha value is -1.85. The van der Waals surface area contributed by atoms with Gasteiger partial charge in [0.2, 0.25) is 0 Å². The van der Waals surface area contributed by atoms with Crippen molar-refractivity contribution in [2.45, 2.75) is 0 Å². The van der Waals surface area contributed by atoms with E-state index in [4.69, 9.17) is 16.3 Å². The Morgan fingerprint density at radius 2 is 1.65 bits per heavy atom. The smallest absolute Gasteiger partial charge is 0.128 e. The molecule has 0 saturated heterocycles. The average Bonchev–Trinajstić information content (AvgIpc) is 2.56. The fourth-order valence-corrected chi connectivity index (χ4v) is 2.70. The molecule has 0 N–H and O–H groups in total. The number of halogens is 2. The first-order chi connectivity index (χ1) is 11.2. The highest BCUT2D eigenvalue weighted by atomic mass is 127. The normalized spacial score (nSPS) is 10.9. The Morgan fingerprint density at radius 1 is 0.870 bits per heavy atom. The summed E-state index contributed by atoms with van der Waals surface area (Å²) in [6.07, 6.45) is 1.87. The first-order valence-corrected chi connectivity index (χ1v) is 8.48.